The first-order valence-electron chi connectivity index (χ1n) is 8.14. The molecule has 6 nitrogen and oxygen atoms in total. The third-order valence-electron chi connectivity index (χ3n) is 5.04. The van der Waals surface area contributed by atoms with Gasteiger partial charge >= 0.3 is 5.97 Å². The first kappa shape index (κ1) is 20.3. The van der Waals surface area contributed by atoms with E-state index in [1.807, 2.05) is 13.1 Å². The van der Waals surface area contributed by atoms with Crippen LogP contribution in [0.3, 0.4) is 0 Å². The Hall–Kier alpha value is -0.733. The monoisotopic (exact) mass is 344 g/mol. The van der Waals surface area contributed by atoms with Crippen LogP contribution in [0.5, 0.6) is 0 Å². The zero-order chi connectivity index (χ0) is 17.7. The van der Waals surface area contributed by atoms with Crippen LogP contribution in [0.4, 0.5) is 0 Å². The average Bonchev–Trinajstić information content (AvgIpc) is 2.46. The molecule has 0 aromatic rings. The van der Waals surface area contributed by atoms with Gasteiger partial charge in [-0.25, -0.2) is 0 Å². The Labute approximate surface area is 140 Å². The Morgan fingerprint density at radius 1 is 1.52 bits per heavy atom. The standard InChI is InChI=1S/C16H32N2O4Si/c1-7-8-22-18-14-11-17-13(15(19)21-4)9-12(14)10-16(2,3)23(5,6)20/h7,12-14,17-18,20H,1,8-11H2,2-6H3/t12-,13+,14+/m1/s1. The second kappa shape index (κ2) is 8.39. The molecule has 3 atom stereocenters. The van der Waals surface area contributed by atoms with Crippen molar-refractivity contribution in [2.75, 3.05) is 20.3 Å². The van der Waals surface area contributed by atoms with Crippen molar-refractivity contribution in [3.63, 3.8) is 0 Å². The zero-order valence-corrected chi connectivity index (χ0v) is 16.0. The molecule has 0 aliphatic carbocycles. The van der Waals surface area contributed by atoms with E-state index in [0.29, 0.717) is 19.6 Å². The molecular weight excluding hydrogens is 312 g/mol. The van der Waals surface area contributed by atoms with Crippen molar-refractivity contribution >= 4 is 14.3 Å². The van der Waals surface area contributed by atoms with Gasteiger partial charge < -0.3 is 14.8 Å². The molecule has 134 valence electrons. The van der Waals surface area contributed by atoms with Crippen molar-refractivity contribution in [3.05, 3.63) is 12.7 Å². The molecule has 1 fully saturated rings. The lowest BCUT2D eigenvalue weighted by Crippen LogP contribution is -2.57. The number of piperidine rings is 1. The number of hydrogen-bond donors (Lipinski definition) is 3. The van der Waals surface area contributed by atoms with Gasteiger partial charge in [0.25, 0.3) is 0 Å². The number of carbonyl (C=O) groups excluding carboxylic acids is 1. The van der Waals surface area contributed by atoms with Crippen molar-refractivity contribution < 1.29 is 19.2 Å². The van der Waals surface area contributed by atoms with E-state index in [0.717, 1.165) is 6.42 Å². The molecular formula is C16H32N2O4Si. The number of nitrogens with one attached hydrogen (secondary N) is 2. The van der Waals surface area contributed by atoms with Crippen LogP contribution in [0.1, 0.15) is 26.7 Å². The minimum atomic E-state index is -2.32. The van der Waals surface area contributed by atoms with Gasteiger partial charge in [-0.1, -0.05) is 19.9 Å². The van der Waals surface area contributed by atoms with E-state index in [9.17, 15) is 9.59 Å². The highest BCUT2D eigenvalue weighted by molar-refractivity contribution is 6.72. The van der Waals surface area contributed by atoms with E-state index in [1.54, 1.807) is 6.08 Å². The fraction of sp³-hybridized carbons (Fsp3) is 0.812. The molecule has 1 aliphatic heterocycles. The number of esters is 1. The summed E-state index contributed by atoms with van der Waals surface area (Å²) in [7, 11) is -0.908. The minimum Gasteiger partial charge on any atom is -0.468 e. The molecule has 0 saturated carbocycles. The summed E-state index contributed by atoms with van der Waals surface area (Å²) in [6.45, 7) is 12.8. The summed E-state index contributed by atoms with van der Waals surface area (Å²) in [6, 6.07) is -0.229. The van der Waals surface area contributed by atoms with Crippen LogP contribution < -0.4 is 10.8 Å². The highest BCUT2D eigenvalue weighted by Crippen LogP contribution is 2.43. The van der Waals surface area contributed by atoms with Crippen LogP contribution in [0.15, 0.2) is 12.7 Å². The molecule has 1 aliphatic rings. The lowest BCUT2D eigenvalue weighted by atomic mass is 9.82. The Morgan fingerprint density at radius 3 is 2.70 bits per heavy atom. The van der Waals surface area contributed by atoms with Crippen LogP contribution in [0.25, 0.3) is 0 Å². The maximum atomic E-state index is 11.9. The predicted octanol–water partition coefficient (Wildman–Crippen LogP) is 1.58. The number of hydrogen-bond acceptors (Lipinski definition) is 6. The molecule has 0 unspecified atom stereocenters. The van der Waals surface area contributed by atoms with Gasteiger partial charge in [-0.05, 0) is 36.9 Å². The SMILES string of the molecule is C=CCON[C@H]1CN[C@H](C(=O)OC)C[C@@H]1CC(C)(C)[Si](C)(C)O. The van der Waals surface area contributed by atoms with Gasteiger partial charge in [0, 0.05) is 12.6 Å². The summed E-state index contributed by atoms with van der Waals surface area (Å²) in [4.78, 5) is 27.8. The van der Waals surface area contributed by atoms with Gasteiger partial charge in [-0.3, -0.25) is 9.63 Å². The van der Waals surface area contributed by atoms with Crippen LogP contribution >= 0.6 is 0 Å². The summed E-state index contributed by atoms with van der Waals surface area (Å²) in [5, 5.41) is 3.05. The smallest absolute Gasteiger partial charge is 0.322 e. The topological polar surface area (TPSA) is 79.8 Å². The number of ether oxygens (including phenoxy) is 1. The lowest BCUT2D eigenvalue weighted by molar-refractivity contribution is -0.144. The Kier molecular flexibility index (Phi) is 7.41. The molecule has 1 heterocycles. The van der Waals surface area contributed by atoms with Crippen molar-refractivity contribution in [2.24, 2.45) is 5.92 Å². The molecule has 0 aromatic carbocycles. The van der Waals surface area contributed by atoms with Gasteiger partial charge in [0.05, 0.1) is 13.7 Å². The van der Waals surface area contributed by atoms with Crippen LogP contribution in [0.2, 0.25) is 18.1 Å². The number of carbonyl (C=O) groups is 1. The summed E-state index contributed by atoms with van der Waals surface area (Å²) in [5.41, 5.74) is 3.07. The van der Waals surface area contributed by atoms with Gasteiger partial charge in [0.15, 0.2) is 8.32 Å². The molecule has 0 radical (unpaired) electrons. The van der Waals surface area contributed by atoms with Crippen molar-refractivity contribution in [1.29, 1.82) is 0 Å². The molecule has 1 rings (SSSR count). The molecule has 0 amide bonds. The second-order valence-corrected chi connectivity index (χ2v) is 11.9. The molecule has 3 N–H and O–H groups in total. The summed E-state index contributed by atoms with van der Waals surface area (Å²) in [6.07, 6.45) is 3.17. The van der Waals surface area contributed by atoms with Gasteiger partial charge in [-0.2, -0.15) is 5.48 Å². The summed E-state index contributed by atoms with van der Waals surface area (Å²) >= 11 is 0. The third-order valence-corrected chi connectivity index (χ3v) is 8.56. The normalized spacial score (nSPS) is 25.9. The Morgan fingerprint density at radius 2 is 2.17 bits per heavy atom. The van der Waals surface area contributed by atoms with E-state index in [1.165, 1.54) is 7.11 Å². The van der Waals surface area contributed by atoms with E-state index in [2.05, 4.69) is 31.2 Å². The van der Waals surface area contributed by atoms with Gasteiger partial charge in [-0.15, -0.1) is 6.58 Å². The third kappa shape index (κ3) is 5.68. The molecule has 0 bridgehead atoms. The predicted molar refractivity (Wildman–Crippen MR) is 93.3 cm³/mol. The van der Waals surface area contributed by atoms with Crippen molar-refractivity contribution in [3.8, 4) is 0 Å². The van der Waals surface area contributed by atoms with E-state index >= 15 is 0 Å². The first-order chi connectivity index (χ1) is 10.6. The molecule has 1 saturated heterocycles. The molecule has 0 aromatic heterocycles. The van der Waals surface area contributed by atoms with Crippen LogP contribution in [-0.2, 0) is 14.4 Å². The maximum absolute atomic E-state index is 11.9. The van der Waals surface area contributed by atoms with Gasteiger partial charge in [0.2, 0.25) is 0 Å². The maximum Gasteiger partial charge on any atom is 0.322 e. The fourth-order valence-corrected chi connectivity index (χ4v) is 3.55. The molecule has 23 heavy (non-hydrogen) atoms. The zero-order valence-electron chi connectivity index (χ0n) is 15.0. The fourth-order valence-electron chi connectivity index (χ4n) is 2.79. The van der Waals surface area contributed by atoms with E-state index < -0.39 is 8.32 Å². The second-order valence-electron chi connectivity index (χ2n) is 7.45. The molecule has 0 spiro atoms. The lowest BCUT2D eigenvalue weighted by Gasteiger charge is -2.43. The summed E-state index contributed by atoms with van der Waals surface area (Å²) in [5.74, 6) is -0.0298. The number of hydroxylamine groups is 1. The van der Waals surface area contributed by atoms with Crippen molar-refractivity contribution in [2.45, 2.75) is 56.9 Å². The summed E-state index contributed by atoms with van der Waals surface area (Å²) < 4.78 is 4.86. The highest BCUT2D eigenvalue weighted by atomic mass is 28.4. The Balaban J connectivity index is 2.82. The quantitative estimate of drug-likeness (QED) is 0.204. The number of methoxy groups -OCH3 is 1. The van der Waals surface area contributed by atoms with Crippen molar-refractivity contribution in [1.82, 2.24) is 10.8 Å². The van der Waals surface area contributed by atoms with Gasteiger partial charge in [0.1, 0.15) is 6.04 Å². The van der Waals surface area contributed by atoms with Crippen LogP contribution in [-0.4, -0.2) is 51.4 Å². The largest absolute Gasteiger partial charge is 0.468 e. The van der Waals surface area contributed by atoms with E-state index in [4.69, 9.17) is 9.57 Å². The van der Waals surface area contributed by atoms with E-state index in [-0.39, 0.29) is 29.0 Å². The highest BCUT2D eigenvalue weighted by Gasteiger charge is 2.43. The minimum absolute atomic E-state index is 0.0754. The number of rotatable bonds is 8. The Bertz CT molecular complexity index is 409. The van der Waals surface area contributed by atoms with Crippen LogP contribution in [0, 0.1) is 5.92 Å². The molecule has 7 heteroatoms. The average molecular weight is 345 g/mol. The first-order valence-corrected chi connectivity index (χ1v) is 11.1.